The zero-order valence-corrected chi connectivity index (χ0v) is 7.97. The van der Waals surface area contributed by atoms with Gasteiger partial charge in [-0.3, -0.25) is 0 Å². The standard InChI is InChI=1S/C10H20N2/c1-12-7-9-4-10(5-9)2-8(3-10)6-11/h8-9,12H,2-7,11H2,1H3. The van der Waals surface area contributed by atoms with Crippen LogP contribution in [-0.4, -0.2) is 20.1 Å². The lowest BCUT2D eigenvalue weighted by Gasteiger charge is -2.58. The van der Waals surface area contributed by atoms with Gasteiger partial charge in [-0.25, -0.2) is 0 Å². The maximum atomic E-state index is 5.61. The summed E-state index contributed by atoms with van der Waals surface area (Å²) in [4.78, 5) is 0. The molecule has 2 nitrogen and oxygen atoms in total. The molecule has 70 valence electrons. The smallest absolute Gasteiger partial charge is 0.00231 e. The van der Waals surface area contributed by atoms with Gasteiger partial charge in [-0.2, -0.15) is 0 Å². The van der Waals surface area contributed by atoms with Crippen LogP contribution in [0, 0.1) is 17.3 Å². The van der Waals surface area contributed by atoms with Crippen LogP contribution in [0.3, 0.4) is 0 Å². The van der Waals surface area contributed by atoms with Crippen molar-refractivity contribution in [1.29, 1.82) is 0 Å². The maximum absolute atomic E-state index is 5.61. The molecule has 0 aromatic carbocycles. The van der Waals surface area contributed by atoms with Crippen molar-refractivity contribution in [2.24, 2.45) is 23.0 Å². The molecule has 0 aromatic heterocycles. The molecule has 0 aromatic rings. The largest absolute Gasteiger partial charge is 0.330 e. The second-order valence-electron chi connectivity index (χ2n) is 4.84. The molecular formula is C10H20N2. The molecule has 3 N–H and O–H groups in total. The molecule has 0 radical (unpaired) electrons. The van der Waals surface area contributed by atoms with Gasteiger partial charge < -0.3 is 11.1 Å². The molecular weight excluding hydrogens is 148 g/mol. The second-order valence-corrected chi connectivity index (χ2v) is 4.84. The third-order valence-corrected chi connectivity index (χ3v) is 3.71. The number of hydrogen-bond donors (Lipinski definition) is 2. The highest BCUT2D eigenvalue weighted by atomic mass is 14.8. The lowest BCUT2D eigenvalue weighted by molar-refractivity contribution is -0.0631. The van der Waals surface area contributed by atoms with E-state index in [2.05, 4.69) is 12.4 Å². The zero-order valence-electron chi connectivity index (χ0n) is 7.97. The van der Waals surface area contributed by atoms with E-state index >= 15 is 0 Å². The van der Waals surface area contributed by atoms with Gasteiger partial charge in [-0.1, -0.05) is 0 Å². The highest BCUT2D eigenvalue weighted by Gasteiger charge is 2.51. The van der Waals surface area contributed by atoms with Crippen LogP contribution in [0.1, 0.15) is 25.7 Å². The SMILES string of the molecule is CNCC1CC2(CC(CN)C2)C1. The van der Waals surface area contributed by atoms with Crippen LogP contribution < -0.4 is 11.1 Å². The van der Waals surface area contributed by atoms with Crippen molar-refractivity contribution in [3.05, 3.63) is 0 Å². The number of rotatable bonds is 3. The monoisotopic (exact) mass is 168 g/mol. The van der Waals surface area contributed by atoms with Crippen LogP contribution in [0.15, 0.2) is 0 Å². The molecule has 2 aliphatic carbocycles. The fraction of sp³-hybridized carbons (Fsp3) is 1.00. The molecule has 0 atom stereocenters. The minimum Gasteiger partial charge on any atom is -0.330 e. The van der Waals surface area contributed by atoms with Gasteiger partial charge in [0, 0.05) is 0 Å². The number of nitrogens with two attached hydrogens (primary N) is 1. The summed E-state index contributed by atoms with van der Waals surface area (Å²) in [5.74, 6) is 1.83. The van der Waals surface area contributed by atoms with E-state index in [9.17, 15) is 0 Å². The molecule has 0 aliphatic heterocycles. The summed E-state index contributed by atoms with van der Waals surface area (Å²) in [5, 5.41) is 3.26. The highest BCUT2D eigenvalue weighted by molar-refractivity contribution is 5.03. The highest BCUT2D eigenvalue weighted by Crippen LogP contribution is 2.60. The zero-order chi connectivity index (χ0) is 8.60. The Morgan fingerprint density at radius 1 is 1.25 bits per heavy atom. The van der Waals surface area contributed by atoms with Gasteiger partial charge in [0.2, 0.25) is 0 Å². The van der Waals surface area contributed by atoms with Crippen LogP contribution in [-0.2, 0) is 0 Å². The normalized spacial score (nSPS) is 45.5. The summed E-state index contributed by atoms with van der Waals surface area (Å²) in [6.45, 7) is 2.13. The van der Waals surface area contributed by atoms with Crippen LogP contribution >= 0.6 is 0 Å². The Bertz CT molecular complexity index is 153. The van der Waals surface area contributed by atoms with E-state index in [0.717, 1.165) is 23.8 Å². The molecule has 2 fully saturated rings. The Kier molecular flexibility index (Phi) is 2.13. The van der Waals surface area contributed by atoms with Gasteiger partial charge in [0.25, 0.3) is 0 Å². The second kappa shape index (κ2) is 3.00. The van der Waals surface area contributed by atoms with E-state index in [0.29, 0.717) is 0 Å². The Morgan fingerprint density at radius 2 is 1.83 bits per heavy atom. The summed E-state index contributed by atoms with van der Waals surface area (Å²) >= 11 is 0. The molecule has 2 rings (SSSR count). The Labute approximate surface area is 74.9 Å². The van der Waals surface area contributed by atoms with Crippen molar-refractivity contribution in [3.8, 4) is 0 Å². The first-order valence-corrected chi connectivity index (χ1v) is 5.13. The first-order chi connectivity index (χ1) is 5.78. The van der Waals surface area contributed by atoms with Crippen LogP contribution in [0.4, 0.5) is 0 Å². The third-order valence-electron chi connectivity index (χ3n) is 3.71. The predicted octanol–water partition coefficient (Wildman–Crippen LogP) is 0.971. The molecule has 0 saturated heterocycles. The van der Waals surface area contributed by atoms with E-state index in [1.165, 1.54) is 32.2 Å². The molecule has 2 saturated carbocycles. The quantitative estimate of drug-likeness (QED) is 0.659. The van der Waals surface area contributed by atoms with Crippen molar-refractivity contribution in [3.63, 3.8) is 0 Å². The van der Waals surface area contributed by atoms with Crippen molar-refractivity contribution in [2.45, 2.75) is 25.7 Å². The molecule has 2 aliphatic rings. The summed E-state index contributed by atoms with van der Waals surface area (Å²) in [7, 11) is 2.05. The van der Waals surface area contributed by atoms with Gasteiger partial charge in [-0.05, 0) is 63.1 Å². The Morgan fingerprint density at radius 3 is 2.33 bits per heavy atom. The number of nitrogens with one attached hydrogen (secondary N) is 1. The summed E-state index contributed by atoms with van der Waals surface area (Å²) in [6, 6.07) is 0. The summed E-state index contributed by atoms with van der Waals surface area (Å²) in [6.07, 6.45) is 5.77. The van der Waals surface area contributed by atoms with Crippen molar-refractivity contribution >= 4 is 0 Å². The van der Waals surface area contributed by atoms with E-state index in [1.54, 1.807) is 0 Å². The average molecular weight is 168 g/mol. The average Bonchev–Trinajstić information content (AvgIpc) is 1.91. The molecule has 0 amide bonds. The van der Waals surface area contributed by atoms with E-state index in [-0.39, 0.29) is 0 Å². The topological polar surface area (TPSA) is 38.0 Å². The van der Waals surface area contributed by atoms with Crippen LogP contribution in [0.25, 0.3) is 0 Å². The first kappa shape index (κ1) is 8.52. The molecule has 2 heteroatoms. The minimum atomic E-state index is 0.769. The van der Waals surface area contributed by atoms with Gasteiger partial charge in [0.1, 0.15) is 0 Å². The molecule has 0 heterocycles. The lowest BCUT2D eigenvalue weighted by Crippen LogP contribution is -2.51. The predicted molar refractivity (Wildman–Crippen MR) is 50.9 cm³/mol. The van der Waals surface area contributed by atoms with Gasteiger partial charge in [0.05, 0.1) is 0 Å². The fourth-order valence-corrected chi connectivity index (χ4v) is 3.26. The van der Waals surface area contributed by atoms with Crippen LogP contribution in [0.5, 0.6) is 0 Å². The van der Waals surface area contributed by atoms with Gasteiger partial charge in [-0.15, -0.1) is 0 Å². The van der Waals surface area contributed by atoms with Gasteiger partial charge >= 0.3 is 0 Å². The van der Waals surface area contributed by atoms with Crippen molar-refractivity contribution in [1.82, 2.24) is 5.32 Å². The third kappa shape index (κ3) is 1.27. The first-order valence-electron chi connectivity index (χ1n) is 5.13. The number of hydrogen-bond acceptors (Lipinski definition) is 2. The molecule has 12 heavy (non-hydrogen) atoms. The minimum absolute atomic E-state index is 0.769. The maximum Gasteiger partial charge on any atom is -0.00231 e. The summed E-state index contributed by atoms with van der Waals surface area (Å²) < 4.78 is 0. The molecule has 1 spiro atoms. The van der Waals surface area contributed by atoms with E-state index in [4.69, 9.17) is 5.73 Å². The van der Waals surface area contributed by atoms with E-state index in [1.807, 2.05) is 0 Å². The summed E-state index contributed by atoms with van der Waals surface area (Å²) in [5.41, 5.74) is 6.38. The fourth-order valence-electron chi connectivity index (χ4n) is 3.26. The Balaban J connectivity index is 1.69. The molecule has 0 bridgehead atoms. The van der Waals surface area contributed by atoms with Gasteiger partial charge in [0.15, 0.2) is 0 Å². The molecule has 0 unspecified atom stereocenters. The van der Waals surface area contributed by atoms with Crippen molar-refractivity contribution < 1.29 is 0 Å². The lowest BCUT2D eigenvalue weighted by atomic mass is 9.48. The Hall–Kier alpha value is -0.0800. The van der Waals surface area contributed by atoms with Crippen molar-refractivity contribution in [2.75, 3.05) is 20.1 Å². The van der Waals surface area contributed by atoms with E-state index < -0.39 is 0 Å². The van der Waals surface area contributed by atoms with Crippen LogP contribution in [0.2, 0.25) is 0 Å².